The van der Waals surface area contributed by atoms with Crippen LogP contribution < -0.4 is 10.1 Å². The molecule has 0 spiro atoms. The van der Waals surface area contributed by atoms with Crippen molar-refractivity contribution in [1.29, 1.82) is 0 Å². The van der Waals surface area contributed by atoms with Crippen molar-refractivity contribution in [2.45, 2.75) is 32.9 Å². The van der Waals surface area contributed by atoms with Crippen LogP contribution in [-0.2, 0) is 13.1 Å². The van der Waals surface area contributed by atoms with Crippen LogP contribution >= 0.6 is 24.0 Å². The fourth-order valence-electron chi connectivity index (χ4n) is 2.80. The second kappa shape index (κ2) is 11.8. The first kappa shape index (κ1) is 22.3. The van der Waals surface area contributed by atoms with E-state index in [1.807, 2.05) is 51.6 Å². The Labute approximate surface area is 173 Å². The maximum atomic E-state index is 5.42. The average Bonchev–Trinajstić information content (AvgIpc) is 3.03. The summed E-state index contributed by atoms with van der Waals surface area (Å²) < 4.78 is 7.61. The Balaban J connectivity index is 0.00000338. The van der Waals surface area contributed by atoms with Crippen LogP contribution in [-0.4, -0.2) is 48.2 Å². The molecule has 0 aliphatic rings. The molecule has 6 nitrogen and oxygen atoms in total. The Morgan fingerprint density at radius 2 is 2.08 bits per heavy atom. The molecule has 0 amide bonds. The minimum absolute atomic E-state index is 0. The fraction of sp³-hybridized carbons (Fsp3) is 0.474. The van der Waals surface area contributed by atoms with Gasteiger partial charge in [0.15, 0.2) is 5.96 Å². The zero-order valence-electron chi connectivity index (χ0n) is 16.1. The van der Waals surface area contributed by atoms with Gasteiger partial charge >= 0.3 is 0 Å². The molecule has 0 fully saturated rings. The van der Waals surface area contributed by atoms with Gasteiger partial charge in [-0.25, -0.2) is 4.98 Å². The van der Waals surface area contributed by atoms with Gasteiger partial charge in [0.05, 0.1) is 7.11 Å². The van der Waals surface area contributed by atoms with Gasteiger partial charge in [0.1, 0.15) is 11.6 Å². The maximum absolute atomic E-state index is 5.42. The van der Waals surface area contributed by atoms with E-state index in [0.29, 0.717) is 0 Å². The van der Waals surface area contributed by atoms with Gasteiger partial charge in [-0.3, -0.25) is 4.99 Å². The zero-order valence-corrected chi connectivity index (χ0v) is 18.4. The molecule has 7 heteroatoms. The van der Waals surface area contributed by atoms with Crippen LogP contribution in [0.5, 0.6) is 5.75 Å². The number of benzene rings is 1. The van der Waals surface area contributed by atoms with Crippen molar-refractivity contribution in [1.82, 2.24) is 19.8 Å². The molecule has 26 heavy (non-hydrogen) atoms. The summed E-state index contributed by atoms with van der Waals surface area (Å²) in [4.78, 5) is 10.7. The first-order valence-electron chi connectivity index (χ1n) is 8.67. The Morgan fingerprint density at radius 3 is 2.73 bits per heavy atom. The van der Waals surface area contributed by atoms with Gasteiger partial charge in [-0.15, -0.1) is 24.0 Å². The van der Waals surface area contributed by atoms with E-state index in [4.69, 9.17) is 4.74 Å². The number of aliphatic imine (C=N–C) groups is 1. The summed E-state index contributed by atoms with van der Waals surface area (Å²) in [7, 11) is 5.56. The van der Waals surface area contributed by atoms with E-state index in [0.717, 1.165) is 55.6 Å². The molecular weight excluding hydrogens is 441 g/mol. The summed E-state index contributed by atoms with van der Waals surface area (Å²) in [6, 6.07) is 8.07. The number of halogens is 1. The quantitative estimate of drug-likeness (QED) is 0.278. The predicted molar refractivity (Wildman–Crippen MR) is 117 cm³/mol. The molecule has 1 N–H and O–H groups in total. The number of unbranched alkanes of at least 4 members (excludes halogenated alkanes) is 1. The molecule has 0 radical (unpaired) electrons. The van der Waals surface area contributed by atoms with E-state index in [2.05, 4.69) is 30.8 Å². The summed E-state index contributed by atoms with van der Waals surface area (Å²) in [5, 5.41) is 3.43. The minimum atomic E-state index is 0. The van der Waals surface area contributed by atoms with Gasteiger partial charge in [-0.05, 0) is 25.8 Å². The smallest absolute Gasteiger partial charge is 0.193 e. The molecule has 144 valence electrons. The molecule has 0 saturated heterocycles. The summed E-state index contributed by atoms with van der Waals surface area (Å²) >= 11 is 0. The van der Waals surface area contributed by atoms with Gasteiger partial charge in [0.2, 0.25) is 0 Å². The number of nitrogens with zero attached hydrogens (tertiary/aromatic N) is 4. The fourth-order valence-corrected chi connectivity index (χ4v) is 2.80. The third-order valence-corrected chi connectivity index (χ3v) is 4.21. The van der Waals surface area contributed by atoms with Gasteiger partial charge in [-0.1, -0.05) is 18.2 Å². The van der Waals surface area contributed by atoms with Crippen LogP contribution in [0.3, 0.4) is 0 Å². The third kappa shape index (κ3) is 6.51. The van der Waals surface area contributed by atoms with Crippen molar-refractivity contribution in [3.05, 3.63) is 48.0 Å². The van der Waals surface area contributed by atoms with E-state index in [1.54, 1.807) is 7.11 Å². The molecular formula is C19H30IN5O. The highest BCUT2D eigenvalue weighted by Crippen LogP contribution is 2.18. The van der Waals surface area contributed by atoms with Gasteiger partial charge in [0, 0.05) is 51.7 Å². The number of hydrogen-bond donors (Lipinski definition) is 1. The maximum Gasteiger partial charge on any atom is 0.193 e. The highest BCUT2D eigenvalue weighted by molar-refractivity contribution is 14.0. The Morgan fingerprint density at radius 1 is 1.31 bits per heavy atom. The summed E-state index contributed by atoms with van der Waals surface area (Å²) in [5.41, 5.74) is 1.14. The topological polar surface area (TPSA) is 54.7 Å². The van der Waals surface area contributed by atoms with Crippen LogP contribution in [0.1, 0.15) is 24.2 Å². The number of para-hydroxylation sites is 1. The highest BCUT2D eigenvalue weighted by Gasteiger charge is 2.09. The van der Waals surface area contributed by atoms with Crippen molar-refractivity contribution in [2.24, 2.45) is 4.99 Å². The third-order valence-electron chi connectivity index (χ3n) is 4.21. The molecule has 0 unspecified atom stereocenters. The molecule has 1 aromatic heterocycles. The average molecular weight is 471 g/mol. The van der Waals surface area contributed by atoms with E-state index < -0.39 is 0 Å². The van der Waals surface area contributed by atoms with Crippen molar-refractivity contribution < 1.29 is 4.74 Å². The van der Waals surface area contributed by atoms with Crippen LogP contribution in [0.2, 0.25) is 0 Å². The predicted octanol–water partition coefficient (Wildman–Crippen LogP) is 3.31. The number of guanidine groups is 1. The molecule has 0 bridgehead atoms. The molecule has 1 aromatic carbocycles. The first-order valence-corrected chi connectivity index (χ1v) is 8.67. The lowest BCUT2D eigenvalue weighted by atomic mass is 10.2. The minimum Gasteiger partial charge on any atom is -0.496 e. The largest absolute Gasteiger partial charge is 0.496 e. The molecule has 1 heterocycles. The molecule has 0 saturated carbocycles. The molecule has 2 aromatic rings. The number of ether oxygens (including phenoxy) is 1. The van der Waals surface area contributed by atoms with Crippen molar-refractivity contribution >= 4 is 29.9 Å². The number of nitrogens with one attached hydrogen (secondary N) is 1. The monoisotopic (exact) mass is 471 g/mol. The van der Waals surface area contributed by atoms with E-state index >= 15 is 0 Å². The molecule has 0 aliphatic heterocycles. The van der Waals surface area contributed by atoms with Crippen molar-refractivity contribution in [2.75, 3.05) is 27.7 Å². The normalized spacial score (nSPS) is 11.0. The van der Waals surface area contributed by atoms with Crippen LogP contribution in [0.25, 0.3) is 0 Å². The van der Waals surface area contributed by atoms with E-state index in [9.17, 15) is 0 Å². The number of imidazole rings is 1. The Bertz CT molecular complexity index is 686. The molecule has 2 rings (SSSR count). The molecule has 0 aliphatic carbocycles. The number of rotatable bonds is 8. The van der Waals surface area contributed by atoms with Gasteiger partial charge in [-0.2, -0.15) is 0 Å². The number of aryl methyl sites for hydroxylation is 2. The van der Waals surface area contributed by atoms with Gasteiger partial charge in [0.25, 0.3) is 0 Å². The van der Waals surface area contributed by atoms with Crippen LogP contribution in [0.15, 0.2) is 41.7 Å². The lowest BCUT2D eigenvalue weighted by Gasteiger charge is -2.23. The second-order valence-corrected chi connectivity index (χ2v) is 6.02. The Kier molecular flexibility index (Phi) is 10.1. The van der Waals surface area contributed by atoms with Crippen LogP contribution in [0.4, 0.5) is 0 Å². The number of aromatic nitrogens is 2. The number of methoxy groups -OCH3 is 1. The lowest BCUT2D eigenvalue weighted by molar-refractivity contribution is 0.396. The van der Waals surface area contributed by atoms with Crippen LogP contribution in [0, 0.1) is 6.92 Å². The summed E-state index contributed by atoms with van der Waals surface area (Å²) in [6.45, 7) is 4.69. The lowest BCUT2D eigenvalue weighted by Crippen LogP contribution is -2.39. The standard InChI is InChI=1S/C19H29N5O.HI/c1-16-21-12-14-24(16)13-8-7-11-22-19(20-2)23(3)15-17-9-5-6-10-18(17)25-4;/h5-6,9-10,12,14H,7-8,11,13,15H2,1-4H3,(H,20,22);1H. The Hall–Kier alpha value is -1.77. The van der Waals surface area contributed by atoms with Gasteiger partial charge < -0.3 is 19.5 Å². The summed E-state index contributed by atoms with van der Waals surface area (Å²) in [5.74, 6) is 2.87. The van der Waals surface area contributed by atoms with E-state index in [-0.39, 0.29) is 24.0 Å². The zero-order chi connectivity index (χ0) is 18.1. The second-order valence-electron chi connectivity index (χ2n) is 6.02. The molecule has 0 atom stereocenters. The SMILES string of the molecule is CN=C(NCCCCn1ccnc1C)N(C)Cc1ccccc1OC.I. The highest BCUT2D eigenvalue weighted by atomic mass is 127. The first-order chi connectivity index (χ1) is 12.2. The summed E-state index contributed by atoms with van der Waals surface area (Å²) in [6.07, 6.45) is 6.07. The number of hydrogen-bond acceptors (Lipinski definition) is 3. The van der Waals surface area contributed by atoms with Crippen molar-refractivity contribution in [3.8, 4) is 5.75 Å². The van der Waals surface area contributed by atoms with Crippen molar-refractivity contribution in [3.63, 3.8) is 0 Å². The van der Waals surface area contributed by atoms with E-state index in [1.165, 1.54) is 0 Å².